The fraction of sp³-hybridized carbons (Fsp3) is 0.700. The van der Waals surface area contributed by atoms with Gasteiger partial charge in [-0.1, -0.05) is 26.3 Å². The van der Waals surface area contributed by atoms with Crippen molar-refractivity contribution in [2.45, 2.75) is 32.6 Å². The molecule has 0 aromatic heterocycles. The van der Waals surface area contributed by atoms with Crippen molar-refractivity contribution in [3.05, 3.63) is 18.4 Å². The minimum absolute atomic E-state index is 0.708. The standard InChI is InChI=1S/C10H16/c1-3-6-9(2)10-7-4-5-8-10/h6,9-10H,1,4-5,7-8H2,2H3. The van der Waals surface area contributed by atoms with Crippen LogP contribution in [0.2, 0.25) is 0 Å². The molecule has 1 saturated carbocycles. The van der Waals surface area contributed by atoms with Gasteiger partial charge in [0.1, 0.15) is 0 Å². The maximum atomic E-state index is 3.59. The molecule has 56 valence electrons. The average Bonchev–Trinajstić information content (AvgIpc) is 2.38. The predicted octanol–water partition coefficient (Wildman–Crippen LogP) is 3.15. The Morgan fingerprint density at radius 1 is 1.50 bits per heavy atom. The van der Waals surface area contributed by atoms with E-state index in [1.165, 1.54) is 25.7 Å². The zero-order valence-electron chi connectivity index (χ0n) is 6.77. The topological polar surface area (TPSA) is 0 Å². The normalized spacial score (nSPS) is 22.1. The molecule has 0 bridgehead atoms. The van der Waals surface area contributed by atoms with Gasteiger partial charge in [-0.3, -0.25) is 0 Å². The van der Waals surface area contributed by atoms with Crippen LogP contribution in [0.3, 0.4) is 0 Å². The lowest BCUT2D eigenvalue weighted by Gasteiger charge is -2.12. The van der Waals surface area contributed by atoms with Gasteiger partial charge in [0.25, 0.3) is 0 Å². The van der Waals surface area contributed by atoms with Gasteiger partial charge in [0.05, 0.1) is 0 Å². The summed E-state index contributed by atoms with van der Waals surface area (Å²) in [5.74, 6) is 1.63. The zero-order valence-corrected chi connectivity index (χ0v) is 6.77. The lowest BCUT2D eigenvalue weighted by Crippen LogP contribution is -2.03. The molecule has 1 aliphatic carbocycles. The van der Waals surface area contributed by atoms with Crippen LogP contribution in [-0.2, 0) is 0 Å². The molecule has 1 rings (SSSR count). The third kappa shape index (κ3) is 1.75. The Labute approximate surface area is 63.6 Å². The van der Waals surface area contributed by atoms with Crippen LogP contribution < -0.4 is 0 Å². The van der Waals surface area contributed by atoms with Crippen molar-refractivity contribution >= 4 is 0 Å². The number of hydrogen-bond acceptors (Lipinski definition) is 0. The van der Waals surface area contributed by atoms with Gasteiger partial charge >= 0.3 is 0 Å². The SMILES string of the molecule is C=C=CC(C)C1CCCC1. The summed E-state index contributed by atoms with van der Waals surface area (Å²) < 4.78 is 0. The second-order valence-electron chi connectivity index (χ2n) is 3.27. The van der Waals surface area contributed by atoms with Gasteiger partial charge in [0.2, 0.25) is 0 Å². The smallest absolute Gasteiger partial charge is 0.0158 e. The molecule has 0 heteroatoms. The summed E-state index contributed by atoms with van der Waals surface area (Å²) in [6, 6.07) is 0. The largest absolute Gasteiger partial charge is 0.133 e. The van der Waals surface area contributed by atoms with Gasteiger partial charge in [-0.25, -0.2) is 0 Å². The third-order valence-electron chi connectivity index (χ3n) is 2.52. The van der Waals surface area contributed by atoms with Crippen LogP contribution in [0, 0.1) is 11.8 Å². The van der Waals surface area contributed by atoms with Crippen molar-refractivity contribution in [3.63, 3.8) is 0 Å². The minimum atomic E-state index is 0.708. The molecule has 0 spiro atoms. The van der Waals surface area contributed by atoms with E-state index in [0.717, 1.165) is 5.92 Å². The summed E-state index contributed by atoms with van der Waals surface area (Å²) in [5.41, 5.74) is 2.87. The minimum Gasteiger partial charge on any atom is -0.133 e. The highest BCUT2D eigenvalue weighted by atomic mass is 14.2. The Morgan fingerprint density at radius 2 is 2.10 bits per heavy atom. The second kappa shape index (κ2) is 3.63. The van der Waals surface area contributed by atoms with E-state index in [1.54, 1.807) is 0 Å². The molecule has 1 aliphatic rings. The lowest BCUT2D eigenvalue weighted by molar-refractivity contribution is 0.434. The maximum absolute atomic E-state index is 3.59. The van der Waals surface area contributed by atoms with Crippen LogP contribution >= 0.6 is 0 Å². The van der Waals surface area contributed by atoms with E-state index < -0.39 is 0 Å². The molecular weight excluding hydrogens is 120 g/mol. The molecule has 0 aromatic carbocycles. The fourth-order valence-corrected chi connectivity index (χ4v) is 1.81. The fourth-order valence-electron chi connectivity index (χ4n) is 1.81. The molecule has 0 saturated heterocycles. The first kappa shape index (κ1) is 7.63. The first-order valence-electron chi connectivity index (χ1n) is 4.20. The molecule has 0 aliphatic heterocycles. The van der Waals surface area contributed by atoms with Crippen molar-refractivity contribution < 1.29 is 0 Å². The molecule has 10 heavy (non-hydrogen) atoms. The van der Waals surface area contributed by atoms with Crippen LogP contribution in [0.4, 0.5) is 0 Å². The number of hydrogen-bond donors (Lipinski definition) is 0. The number of rotatable bonds is 2. The van der Waals surface area contributed by atoms with Crippen LogP contribution in [0.1, 0.15) is 32.6 Å². The second-order valence-corrected chi connectivity index (χ2v) is 3.27. The van der Waals surface area contributed by atoms with Crippen LogP contribution in [0.15, 0.2) is 18.4 Å². The van der Waals surface area contributed by atoms with Gasteiger partial charge in [0.15, 0.2) is 0 Å². The molecule has 1 fully saturated rings. The highest BCUT2D eigenvalue weighted by Gasteiger charge is 2.18. The molecule has 0 amide bonds. The predicted molar refractivity (Wildman–Crippen MR) is 44.8 cm³/mol. The molecule has 1 atom stereocenters. The Kier molecular flexibility index (Phi) is 2.77. The van der Waals surface area contributed by atoms with E-state index in [2.05, 4.69) is 25.3 Å². The lowest BCUT2D eigenvalue weighted by atomic mass is 9.93. The Bertz CT molecular complexity index is 134. The van der Waals surface area contributed by atoms with E-state index in [-0.39, 0.29) is 0 Å². The van der Waals surface area contributed by atoms with Gasteiger partial charge in [-0.2, -0.15) is 0 Å². The Balaban J connectivity index is 2.39. The van der Waals surface area contributed by atoms with Gasteiger partial charge < -0.3 is 0 Å². The molecule has 0 nitrogen and oxygen atoms in total. The third-order valence-corrected chi connectivity index (χ3v) is 2.52. The molecule has 0 N–H and O–H groups in total. The highest BCUT2D eigenvalue weighted by molar-refractivity contribution is 4.87. The summed E-state index contributed by atoms with van der Waals surface area (Å²) in [5, 5.41) is 0. The summed E-state index contributed by atoms with van der Waals surface area (Å²) in [7, 11) is 0. The molecule has 0 heterocycles. The van der Waals surface area contributed by atoms with Crippen LogP contribution in [-0.4, -0.2) is 0 Å². The van der Waals surface area contributed by atoms with Gasteiger partial charge in [-0.05, 0) is 30.8 Å². The molecule has 1 unspecified atom stereocenters. The zero-order chi connectivity index (χ0) is 7.40. The number of allylic oxidation sites excluding steroid dienone is 1. The van der Waals surface area contributed by atoms with Crippen LogP contribution in [0.5, 0.6) is 0 Å². The highest BCUT2D eigenvalue weighted by Crippen LogP contribution is 2.31. The van der Waals surface area contributed by atoms with Crippen molar-refractivity contribution in [1.82, 2.24) is 0 Å². The monoisotopic (exact) mass is 136 g/mol. The van der Waals surface area contributed by atoms with Crippen LogP contribution in [0.25, 0.3) is 0 Å². The molecular formula is C10H16. The van der Waals surface area contributed by atoms with Gasteiger partial charge in [-0.15, -0.1) is 5.73 Å². The van der Waals surface area contributed by atoms with E-state index in [1.807, 2.05) is 0 Å². The van der Waals surface area contributed by atoms with Gasteiger partial charge in [0, 0.05) is 0 Å². The van der Waals surface area contributed by atoms with E-state index in [9.17, 15) is 0 Å². The van der Waals surface area contributed by atoms with E-state index in [4.69, 9.17) is 0 Å². The summed E-state index contributed by atoms with van der Waals surface area (Å²) in [6.07, 6.45) is 7.80. The van der Waals surface area contributed by atoms with Crippen molar-refractivity contribution in [3.8, 4) is 0 Å². The Hall–Kier alpha value is -0.480. The molecule has 0 aromatic rings. The average molecular weight is 136 g/mol. The van der Waals surface area contributed by atoms with Crippen molar-refractivity contribution in [2.75, 3.05) is 0 Å². The summed E-state index contributed by atoms with van der Waals surface area (Å²) in [6.45, 7) is 5.86. The quantitative estimate of drug-likeness (QED) is 0.511. The van der Waals surface area contributed by atoms with E-state index in [0.29, 0.717) is 5.92 Å². The maximum Gasteiger partial charge on any atom is -0.0158 e. The first-order chi connectivity index (χ1) is 4.84. The molecule has 0 radical (unpaired) electrons. The van der Waals surface area contributed by atoms with Crippen molar-refractivity contribution in [1.29, 1.82) is 0 Å². The summed E-state index contributed by atoms with van der Waals surface area (Å²) >= 11 is 0. The Morgan fingerprint density at radius 3 is 2.60 bits per heavy atom. The van der Waals surface area contributed by atoms with Crippen molar-refractivity contribution in [2.24, 2.45) is 11.8 Å². The summed E-state index contributed by atoms with van der Waals surface area (Å²) in [4.78, 5) is 0. The first-order valence-corrected chi connectivity index (χ1v) is 4.20. The van der Waals surface area contributed by atoms with E-state index >= 15 is 0 Å².